The van der Waals surface area contributed by atoms with Gasteiger partial charge in [0.25, 0.3) is 0 Å². The Morgan fingerprint density at radius 1 is 0.969 bits per heavy atom. The summed E-state index contributed by atoms with van der Waals surface area (Å²) in [5.74, 6) is 1.00. The number of nitrogens with one attached hydrogen (secondary N) is 1. The summed E-state index contributed by atoms with van der Waals surface area (Å²) in [6.45, 7) is 3.85. The Balaban J connectivity index is 1.71. The molecule has 0 aliphatic rings. The molecule has 1 N–H and O–H groups in total. The van der Waals surface area contributed by atoms with Gasteiger partial charge in [-0.05, 0) is 48.7 Å². The van der Waals surface area contributed by atoms with E-state index in [1.807, 2.05) is 74.5 Å². The van der Waals surface area contributed by atoms with Crippen LogP contribution in [0.25, 0.3) is 27.7 Å². The summed E-state index contributed by atoms with van der Waals surface area (Å²) in [4.78, 5) is 12.8. The molecule has 0 aliphatic carbocycles. The first kappa shape index (κ1) is 21.2. The number of allylic oxidation sites excluding steroid dienone is 1. The summed E-state index contributed by atoms with van der Waals surface area (Å²) in [7, 11) is 3.19. The van der Waals surface area contributed by atoms with Gasteiger partial charge in [-0.25, -0.2) is 0 Å². The third kappa shape index (κ3) is 4.23. The number of amides is 1. The highest BCUT2D eigenvalue weighted by atomic mass is 16.5. The molecule has 1 amide bonds. The van der Waals surface area contributed by atoms with Crippen molar-refractivity contribution in [1.82, 2.24) is 0 Å². The molecule has 3 aromatic carbocycles. The number of fused-ring (bicyclic) bond motifs is 1. The van der Waals surface area contributed by atoms with Gasteiger partial charge in [0.2, 0.25) is 5.91 Å². The summed E-state index contributed by atoms with van der Waals surface area (Å²) in [6.07, 6.45) is 3.31. The normalized spacial score (nSPS) is 11.4. The number of carbonyl (C=O) groups is 1. The molecule has 0 atom stereocenters. The maximum atomic E-state index is 12.8. The molecule has 5 heteroatoms. The molecule has 1 aromatic heterocycles. The van der Waals surface area contributed by atoms with Gasteiger partial charge in [0.05, 0.1) is 26.2 Å². The van der Waals surface area contributed by atoms with E-state index in [9.17, 15) is 4.79 Å². The molecule has 4 aromatic rings. The summed E-state index contributed by atoms with van der Waals surface area (Å²) in [5, 5.41) is 3.87. The lowest BCUT2D eigenvalue weighted by Crippen LogP contribution is -2.10. The molecule has 0 saturated heterocycles. The number of furan rings is 1. The maximum Gasteiger partial charge on any atom is 0.248 e. The van der Waals surface area contributed by atoms with Crippen LogP contribution in [-0.2, 0) is 4.79 Å². The van der Waals surface area contributed by atoms with Crippen LogP contribution >= 0.6 is 0 Å². The molecule has 0 unspecified atom stereocenters. The second kappa shape index (κ2) is 9.02. The molecule has 162 valence electrons. The van der Waals surface area contributed by atoms with E-state index in [0.717, 1.165) is 38.8 Å². The molecule has 5 nitrogen and oxygen atoms in total. The lowest BCUT2D eigenvalue weighted by atomic mass is 9.99. The average molecular weight is 428 g/mol. The monoisotopic (exact) mass is 427 g/mol. The van der Waals surface area contributed by atoms with Crippen LogP contribution in [0.1, 0.15) is 18.1 Å². The molecule has 1 heterocycles. The van der Waals surface area contributed by atoms with Crippen molar-refractivity contribution in [3.05, 3.63) is 84.1 Å². The minimum Gasteiger partial charge on any atom is -0.496 e. The number of methoxy groups -OCH3 is 2. The van der Waals surface area contributed by atoms with Crippen molar-refractivity contribution in [2.75, 3.05) is 19.5 Å². The third-order valence-electron chi connectivity index (χ3n) is 5.37. The van der Waals surface area contributed by atoms with Crippen molar-refractivity contribution in [1.29, 1.82) is 0 Å². The number of benzene rings is 3. The minimum absolute atomic E-state index is 0.246. The van der Waals surface area contributed by atoms with Gasteiger partial charge in [-0.3, -0.25) is 4.79 Å². The topological polar surface area (TPSA) is 60.7 Å². The van der Waals surface area contributed by atoms with Crippen molar-refractivity contribution >= 4 is 28.1 Å². The Bertz CT molecular complexity index is 1300. The Morgan fingerprint density at radius 3 is 2.44 bits per heavy atom. The number of rotatable bonds is 6. The smallest absolute Gasteiger partial charge is 0.248 e. The standard InChI is InChI=1S/C27H25NO4/c1-17-10-11-24(30-3)23(12-17)28-27(29)13-18(2)20-14-21-22(19-8-6-5-7-9-19)16-32-26(21)15-25(20)31-4/h5-16H,1-4H3,(H,28,29)/b18-13+. The Hall–Kier alpha value is -3.99. The molecule has 0 radical (unpaired) electrons. The average Bonchev–Trinajstić information content (AvgIpc) is 3.21. The Labute approximate surface area is 187 Å². The first-order chi connectivity index (χ1) is 15.5. The number of anilines is 1. The highest BCUT2D eigenvalue weighted by Crippen LogP contribution is 2.37. The van der Waals surface area contributed by atoms with Gasteiger partial charge < -0.3 is 19.2 Å². The lowest BCUT2D eigenvalue weighted by Gasteiger charge is -2.12. The first-order valence-corrected chi connectivity index (χ1v) is 10.3. The quantitative estimate of drug-likeness (QED) is 0.358. The van der Waals surface area contributed by atoms with E-state index < -0.39 is 0 Å². The molecular weight excluding hydrogens is 402 g/mol. The van der Waals surface area contributed by atoms with Crippen molar-refractivity contribution in [2.24, 2.45) is 0 Å². The van der Waals surface area contributed by atoms with Crippen molar-refractivity contribution in [2.45, 2.75) is 13.8 Å². The van der Waals surface area contributed by atoms with Gasteiger partial charge in [-0.15, -0.1) is 0 Å². The van der Waals surface area contributed by atoms with Crippen LogP contribution in [0.2, 0.25) is 0 Å². The van der Waals surface area contributed by atoms with Crippen molar-refractivity contribution in [3.63, 3.8) is 0 Å². The molecular formula is C27H25NO4. The van der Waals surface area contributed by atoms with Crippen LogP contribution in [0.4, 0.5) is 5.69 Å². The second-order valence-electron chi connectivity index (χ2n) is 7.58. The number of aryl methyl sites for hydroxylation is 1. The van der Waals surface area contributed by atoms with Crippen LogP contribution in [0.15, 0.2) is 77.4 Å². The van der Waals surface area contributed by atoms with Crippen LogP contribution < -0.4 is 14.8 Å². The van der Waals surface area contributed by atoms with E-state index in [0.29, 0.717) is 17.2 Å². The summed E-state index contributed by atoms with van der Waals surface area (Å²) >= 11 is 0. The molecule has 0 bridgehead atoms. The molecule has 32 heavy (non-hydrogen) atoms. The van der Waals surface area contributed by atoms with E-state index in [2.05, 4.69) is 5.32 Å². The first-order valence-electron chi connectivity index (χ1n) is 10.3. The zero-order valence-corrected chi connectivity index (χ0v) is 18.6. The number of carbonyl (C=O) groups excluding carboxylic acids is 1. The number of ether oxygens (including phenoxy) is 2. The Morgan fingerprint density at radius 2 is 1.72 bits per heavy atom. The van der Waals surface area contributed by atoms with E-state index in [-0.39, 0.29) is 5.91 Å². The highest BCUT2D eigenvalue weighted by molar-refractivity contribution is 6.06. The summed E-state index contributed by atoms with van der Waals surface area (Å²) < 4.78 is 16.7. The van der Waals surface area contributed by atoms with Crippen LogP contribution in [0.5, 0.6) is 11.5 Å². The largest absolute Gasteiger partial charge is 0.496 e. The van der Waals surface area contributed by atoms with Gasteiger partial charge in [-0.2, -0.15) is 0 Å². The number of hydrogen-bond donors (Lipinski definition) is 1. The highest BCUT2D eigenvalue weighted by Gasteiger charge is 2.15. The van der Waals surface area contributed by atoms with E-state index in [1.54, 1.807) is 26.6 Å². The van der Waals surface area contributed by atoms with Gasteiger partial charge in [0.15, 0.2) is 0 Å². The second-order valence-corrected chi connectivity index (χ2v) is 7.58. The number of hydrogen-bond acceptors (Lipinski definition) is 4. The Kier molecular flexibility index (Phi) is 5.99. The maximum absolute atomic E-state index is 12.8. The predicted octanol–water partition coefficient (Wildman–Crippen LogP) is 6.47. The fourth-order valence-corrected chi connectivity index (χ4v) is 3.74. The van der Waals surface area contributed by atoms with E-state index >= 15 is 0 Å². The van der Waals surface area contributed by atoms with Gasteiger partial charge in [-0.1, -0.05) is 36.4 Å². The van der Waals surface area contributed by atoms with Gasteiger partial charge in [0, 0.05) is 28.7 Å². The SMILES string of the molecule is COc1ccc(C)cc1NC(=O)/C=C(\C)c1cc2c(-c3ccccc3)coc2cc1OC. The summed E-state index contributed by atoms with van der Waals surface area (Å²) in [6, 6.07) is 19.6. The predicted molar refractivity (Wildman–Crippen MR) is 128 cm³/mol. The fourth-order valence-electron chi connectivity index (χ4n) is 3.74. The van der Waals surface area contributed by atoms with E-state index in [4.69, 9.17) is 13.9 Å². The molecule has 0 aliphatic heterocycles. The van der Waals surface area contributed by atoms with Gasteiger partial charge in [0.1, 0.15) is 17.1 Å². The molecule has 0 fully saturated rings. The molecule has 0 saturated carbocycles. The van der Waals surface area contributed by atoms with Crippen molar-refractivity contribution < 1.29 is 18.7 Å². The lowest BCUT2D eigenvalue weighted by molar-refractivity contribution is -0.111. The van der Waals surface area contributed by atoms with Crippen LogP contribution in [-0.4, -0.2) is 20.1 Å². The zero-order chi connectivity index (χ0) is 22.7. The van der Waals surface area contributed by atoms with Crippen LogP contribution in [0, 0.1) is 6.92 Å². The van der Waals surface area contributed by atoms with Crippen molar-refractivity contribution in [3.8, 4) is 22.6 Å². The zero-order valence-electron chi connectivity index (χ0n) is 18.6. The molecule has 4 rings (SSSR count). The fraction of sp³-hybridized carbons (Fsp3) is 0.148. The third-order valence-corrected chi connectivity index (χ3v) is 5.37. The molecule has 0 spiro atoms. The van der Waals surface area contributed by atoms with Gasteiger partial charge >= 0.3 is 0 Å². The van der Waals surface area contributed by atoms with Crippen LogP contribution in [0.3, 0.4) is 0 Å². The minimum atomic E-state index is -0.246. The summed E-state index contributed by atoms with van der Waals surface area (Å²) in [5.41, 5.74) is 6.04. The van der Waals surface area contributed by atoms with E-state index in [1.165, 1.54) is 0 Å².